The lowest BCUT2D eigenvalue weighted by atomic mass is 9.49. The summed E-state index contributed by atoms with van der Waals surface area (Å²) in [7, 11) is 0. The number of hydrogen-bond donors (Lipinski definition) is 3. The van der Waals surface area contributed by atoms with E-state index in [1.54, 1.807) is 0 Å². The van der Waals surface area contributed by atoms with E-state index >= 15 is 0 Å². The maximum Gasteiger partial charge on any atom is 0.242 e. The van der Waals surface area contributed by atoms with Crippen molar-refractivity contribution < 1.29 is 9.59 Å². The van der Waals surface area contributed by atoms with Crippen LogP contribution in [0.3, 0.4) is 0 Å². The van der Waals surface area contributed by atoms with Crippen LogP contribution < -0.4 is 16.4 Å². The smallest absolute Gasteiger partial charge is 0.242 e. The predicted molar refractivity (Wildman–Crippen MR) is 114 cm³/mol. The normalized spacial score (nSPS) is 32.1. The molecule has 5 rings (SSSR count). The van der Waals surface area contributed by atoms with Crippen LogP contribution in [-0.4, -0.2) is 24.4 Å². The Labute approximate surface area is 174 Å². The molecule has 5 heteroatoms. The van der Waals surface area contributed by atoms with Gasteiger partial charge in [-0.1, -0.05) is 44.2 Å². The summed E-state index contributed by atoms with van der Waals surface area (Å²) < 4.78 is 0. The zero-order valence-electron chi connectivity index (χ0n) is 17.7. The lowest BCUT2D eigenvalue weighted by Gasteiger charge is -2.55. The first-order valence-electron chi connectivity index (χ1n) is 11.3. The fraction of sp³-hybridized carbons (Fsp3) is 0.667. The summed E-state index contributed by atoms with van der Waals surface area (Å²) >= 11 is 0. The second-order valence-electron chi connectivity index (χ2n) is 10.2. The highest BCUT2D eigenvalue weighted by atomic mass is 16.2. The third-order valence-corrected chi connectivity index (χ3v) is 7.48. The molecular weight excluding hydrogens is 362 g/mol. The van der Waals surface area contributed by atoms with Crippen molar-refractivity contribution >= 4 is 11.8 Å². The maximum absolute atomic E-state index is 13.4. The molecule has 0 aliphatic heterocycles. The molecule has 1 aromatic carbocycles. The van der Waals surface area contributed by atoms with E-state index in [0.717, 1.165) is 24.8 Å². The van der Waals surface area contributed by atoms with Crippen LogP contribution in [0, 0.1) is 29.1 Å². The molecule has 4 N–H and O–H groups in total. The fourth-order valence-corrected chi connectivity index (χ4v) is 6.36. The number of hydrogen-bond acceptors (Lipinski definition) is 3. The van der Waals surface area contributed by atoms with Crippen molar-refractivity contribution in [2.24, 2.45) is 34.8 Å². The summed E-state index contributed by atoms with van der Waals surface area (Å²) in [6, 6.07) is 8.99. The molecule has 0 heterocycles. The van der Waals surface area contributed by atoms with Gasteiger partial charge >= 0.3 is 0 Å². The van der Waals surface area contributed by atoms with Gasteiger partial charge in [0, 0.05) is 18.0 Å². The zero-order valence-corrected chi connectivity index (χ0v) is 17.7. The number of carbonyl (C=O) groups excluding carboxylic acids is 2. The van der Waals surface area contributed by atoms with Crippen molar-refractivity contribution in [3.63, 3.8) is 0 Å². The minimum absolute atomic E-state index is 0.0285. The molecule has 4 aliphatic carbocycles. The van der Waals surface area contributed by atoms with Crippen LogP contribution in [0.2, 0.25) is 0 Å². The number of carbonyl (C=O) groups is 2. The van der Waals surface area contributed by atoms with E-state index < -0.39 is 6.04 Å². The first kappa shape index (κ1) is 20.4. The second kappa shape index (κ2) is 8.10. The Morgan fingerprint density at radius 3 is 2.10 bits per heavy atom. The first-order valence-corrected chi connectivity index (χ1v) is 11.3. The van der Waals surface area contributed by atoms with Gasteiger partial charge in [-0.25, -0.2) is 0 Å². The number of nitrogens with one attached hydrogen (secondary N) is 2. The number of amides is 2. The van der Waals surface area contributed by atoms with E-state index in [4.69, 9.17) is 5.73 Å². The van der Waals surface area contributed by atoms with Gasteiger partial charge < -0.3 is 16.4 Å². The van der Waals surface area contributed by atoms with Crippen LogP contribution >= 0.6 is 0 Å². The summed E-state index contributed by atoms with van der Waals surface area (Å²) in [6.45, 7) is 4.34. The van der Waals surface area contributed by atoms with Crippen LogP contribution in [0.25, 0.3) is 0 Å². The van der Waals surface area contributed by atoms with Crippen LogP contribution in [0.1, 0.15) is 64.0 Å². The van der Waals surface area contributed by atoms with E-state index in [-0.39, 0.29) is 29.2 Å². The lowest BCUT2D eigenvalue weighted by molar-refractivity contribution is -0.149. The quantitative estimate of drug-likeness (QED) is 0.661. The predicted octanol–water partition coefficient (Wildman–Crippen LogP) is 3.16. The molecule has 1 aromatic rings. The van der Waals surface area contributed by atoms with E-state index in [2.05, 4.69) is 10.6 Å². The molecule has 4 aliphatic rings. The van der Waals surface area contributed by atoms with Crippen molar-refractivity contribution in [1.29, 1.82) is 0 Å². The standard InChI is InChI=1S/C24H35N3O2/c1-15(2)21(22(28)26-14-20(25)19-6-4-3-5-7-19)27-23(29)24-11-16-8-17(12-24)10-18(9-16)13-24/h3-7,15-18,20-21H,8-14,25H2,1-2H3,(H,26,28)(H,27,29). The van der Waals surface area contributed by atoms with Crippen molar-refractivity contribution in [1.82, 2.24) is 10.6 Å². The van der Waals surface area contributed by atoms with E-state index in [1.807, 2.05) is 44.2 Å². The van der Waals surface area contributed by atoms with Crippen LogP contribution in [0.5, 0.6) is 0 Å². The molecule has 4 fully saturated rings. The average molecular weight is 398 g/mol. The summed E-state index contributed by atoms with van der Waals surface area (Å²) in [6.07, 6.45) is 6.94. The monoisotopic (exact) mass is 397 g/mol. The van der Waals surface area contributed by atoms with Gasteiger partial charge in [0.1, 0.15) is 6.04 Å². The van der Waals surface area contributed by atoms with Gasteiger partial charge in [-0.05, 0) is 67.8 Å². The topological polar surface area (TPSA) is 84.2 Å². The average Bonchev–Trinajstić information content (AvgIpc) is 2.69. The highest BCUT2D eigenvalue weighted by Gasteiger charge is 2.55. The molecular formula is C24H35N3O2. The third-order valence-electron chi connectivity index (χ3n) is 7.48. The first-order chi connectivity index (χ1) is 13.9. The minimum atomic E-state index is -0.515. The Balaban J connectivity index is 1.37. The van der Waals surface area contributed by atoms with Gasteiger partial charge in [0.15, 0.2) is 0 Å². The lowest BCUT2D eigenvalue weighted by Crippen LogP contribution is -2.58. The molecule has 0 radical (unpaired) electrons. The Morgan fingerprint density at radius 1 is 1.03 bits per heavy atom. The highest BCUT2D eigenvalue weighted by molar-refractivity contribution is 5.90. The molecule has 4 saturated carbocycles. The Morgan fingerprint density at radius 2 is 1.59 bits per heavy atom. The van der Waals surface area contributed by atoms with Crippen LogP contribution in [0.15, 0.2) is 30.3 Å². The molecule has 5 nitrogen and oxygen atoms in total. The van der Waals surface area contributed by atoms with Crippen LogP contribution in [0.4, 0.5) is 0 Å². The SMILES string of the molecule is CC(C)C(NC(=O)C12CC3CC(CC(C3)C1)C2)C(=O)NCC(N)c1ccccc1. The maximum atomic E-state index is 13.4. The Bertz CT molecular complexity index is 710. The molecule has 2 unspecified atom stereocenters. The second-order valence-corrected chi connectivity index (χ2v) is 10.2. The third kappa shape index (κ3) is 4.20. The number of nitrogens with two attached hydrogens (primary N) is 1. The molecule has 0 saturated heterocycles. The molecule has 158 valence electrons. The largest absolute Gasteiger partial charge is 0.352 e. The van der Waals surface area contributed by atoms with Gasteiger partial charge in [0.2, 0.25) is 11.8 Å². The summed E-state index contributed by atoms with van der Waals surface area (Å²) in [5, 5.41) is 6.11. The molecule has 2 atom stereocenters. The Hall–Kier alpha value is -1.88. The van der Waals surface area contributed by atoms with E-state index in [1.165, 1.54) is 19.3 Å². The van der Waals surface area contributed by atoms with Gasteiger partial charge in [0.05, 0.1) is 0 Å². The van der Waals surface area contributed by atoms with Gasteiger partial charge in [-0.3, -0.25) is 9.59 Å². The number of rotatable bonds is 7. The van der Waals surface area contributed by atoms with Gasteiger partial charge in [-0.15, -0.1) is 0 Å². The van der Waals surface area contributed by atoms with Crippen molar-refractivity contribution in [3.05, 3.63) is 35.9 Å². The van der Waals surface area contributed by atoms with Crippen LogP contribution in [-0.2, 0) is 9.59 Å². The van der Waals surface area contributed by atoms with Crippen molar-refractivity contribution in [3.8, 4) is 0 Å². The zero-order chi connectivity index (χ0) is 20.6. The minimum Gasteiger partial charge on any atom is -0.352 e. The fourth-order valence-electron chi connectivity index (χ4n) is 6.36. The van der Waals surface area contributed by atoms with E-state index in [9.17, 15) is 9.59 Å². The van der Waals surface area contributed by atoms with E-state index in [0.29, 0.717) is 24.3 Å². The summed E-state index contributed by atoms with van der Waals surface area (Å²) in [4.78, 5) is 26.3. The highest BCUT2D eigenvalue weighted by Crippen LogP contribution is 2.60. The van der Waals surface area contributed by atoms with Crippen molar-refractivity contribution in [2.45, 2.75) is 64.5 Å². The summed E-state index contributed by atoms with van der Waals surface area (Å²) in [5.74, 6) is 2.13. The van der Waals surface area contributed by atoms with Crippen molar-refractivity contribution in [2.75, 3.05) is 6.54 Å². The molecule has 4 bridgehead atoms. The summed E-state index contributed by atoms with van der Waals surface area (Å²) in [5.41, 5.74) is 6.98. The van der Waals surface area contributed by atoms with Gasteiger partial charge in [-0.2, -0.15) is 0 Å². The van der Waals surface area contributed by atoms with Gasteiger partial charge in [0.25, 0.3) is 0 Å². The molecule has 29 heavy (non-hydrogen) atoms. The molecule has 2 amide bonds. The molecule has 0 aromatic heterocycles. The number of benzene rings is 1. The molecule has 0 spiro atoms. The Kier molecular flexibility index (Phi) is 5.69.